The van der Waals surface area contributed by atoms with Crippen LogP contribution in [0.1, 0.15) is 26.3 Å². The predicted molar refractivity (Wildman–Crippen MR) is 64.0 cm³/mol. The third-order valence-electron chi connectivity index (χ3n) is 2.58. The Hall–Kier alpha value is -1.28. The van der Waals surface area contributed by atoms with Gasteiger partial charge in [-0.2, -0.15) is 0 Å². The molecule has 2 rings (SSSR count). The lowest BCUT2D eigenvalue weighted by Crippen LogP contribution is -2.40. The maximum absolute atomic E-state index is 6.15. The summed E-state index contributed by atoms with van der Waals surface area (Å²) in [6.45, 7) is 10.4. The number of rotatable bonds is 0. The van der Waals surface area contributed by atoms with E-state index in [9.17, 15) is 0 Å². The number of para-hydroxylation sites is 1. The summed E-state index contributed by atoms with van der Waals surface area (Å²) in [7, 11) is 0. The second-order valence-electron chi connectivity index (χ2n) is 3.59. The molecule has 15 heavy (non-hydrogen) atoms. The fourth-order valence-corrected chi connectivity index (χ4v) is 1.53. The van der Waals surface area contributed by atoms with Gasteiger partial charge in [0.05, 0.1) is 5.54 Å². The van der Waals surface area contributed by atoms with Gasteiger partial charge in [0.25, 0.3) is 0 Å². The summed E-state index contributed by atoms with van der Waals surface area (Å²) in [5.74, 6) is 0.875. The molecule has 0 spiro atoms. The minimum atomic E-state index is -0.450. The summed E-state index contributed by atoms with van der Waals surface area (Å²) in [5.41, 5.74) is 7.65. The molecule has 0 fully saturated rings. The van der Waals surface area contributed by atoms with E-state index in [2.05, 4.69) is 6.58 Å². The molecule has 2 heteroatoms. The predicted octanol–water partition coefficient (Wildman–Crippen LogP) is 2.84. The molecule has 1 aliphatic heterocycles. The smallest absolute Gasteiger partial charge is 0.125 e. The van der Waals surface area contributed by atoms with E-state index in [0.29, 0.717) is 6.61 Å². The molecule has 1 aliphatic rings. The number of nitrogens with two attached hydrogens (primary N) is 1. The lowest BCUT2D eigenvalue weighted by atomic mass is 9.84. The second kappa shape index (κ2) is 4.49. The number of hydrogen-bond donors (Lipinski definition) is 1. The Kier molecular flexibility index (Phi) is 3.53. The van der Waals surface area contributed by atoms with E-state index in [1.54, 1.807) is 0 Å². The Morgan fingerprint density at radius 3 is 2.60 bits per heavy atom. The van der Waals surface area contributed by atoms with Crippen molar-refractivity contribution in [2.75, 3.05) is 6.61 Å². The molecule has 1 unspecified atom stereocenters. The van der Waals surface area contributed by atoms with E-state index in [1.807, 2.05) is 45.0 Å². The second-order valence-corrected chi connectivity index (χ2v) is 3.59. The topological polar surface area (TPSA) is 35.2 Å². The normalized spacial score (nSPS) is 23.3. The molecule has 0 amide bonds. The molecule has 1 aromatic rings. The Morgan fingerprint density at radius 2 is 1.93 bits per heavy atom. The van der Waals surface area contributed by atoms with Crippen LogP contribution in [0.25, 0.3) is 0 Å². The minimum Gasteiger partial charge on any atom is -0.489 e. The van der Waals surface area contributed by atoms with Gasteiger partial charge < -0.3 is 10.5 Å². The Bertz CT molecular complexity index is 355. The summed E-state index contributed by atoms with van der Waals surface area (Å²) >= 11 is 0. The first-order valence-corrected chi connectivity index (χ1v) is 5.32. The number of fused-ring (bicyclic) bond motifs is 1. The first-order chi connectivity index (χ1) is 7.12. The molecule has 0 saturated heterocycles. The number of ether oxygens (including phenoxy) is 1. The Labute approximate surface area is 91.7 Å². The third-order valence-corrected chi connectivity index (χ3v) is 2.58. The third kappa shape index (κ3) is 2.05. The fraction of sp³-hybridized carbons (Fsp3) is 0.385. The van der Waals surface area contributed by atoms with Crippen molar-refractivity contribution in [2.24, 2.45) is 5.73 Å². The van der Waals surface area contributed by atoms with E-state index < -0.39 is 5.54 Å². The van der Waals surface area contributed by atoms with Crippen LogP contribution in [0.5, 0.6) is 5.75 Å². The van der Waals surface area contributed by atoms with Gasteiger partial charge >= 0.3 is 0 Å². The van der Waals surface area contributed by atoms with Crippen molar-refractivity contribution >= 4 is 0 Å². The quantitative estimate of drug-likeness (QED) is 0.661. The SMILES string of the molecule is C=C1COc2ccccc2C1(C)N.CC. The molecule has 2 nitrogen and oxygen atoms in total. The number of benzene rings is 1. The van der Waals surface area contributed by atoms with E-state index in [0.717, 1.165) is 16.9 Å². The van der Waals surface area contributed by atoms with Crippen molar-refractivity contribution in [1.29, 1.82) is 0 Å². The van der Waals surface area contributed by atoms with E-state index >= 15 is 0 Å². The zero-order valence-corrected chi connectivity index (χ0v) is 9.71. The first-order valence-electron chi connectivity index (χ1n) is 5.32. The molecule has 1 atom stereocenters. The van der Waals surface area contributed by atoms with Gasteiger partial charge in [0.1, 0.15) is 12.4 Å². The Morgan fingerprint density at radius 1 is 1.33 bits per heavy atom. The molecule has 1 aromatic carbocycles. The lowest BCUT2D eigenvalue weighted by molar-refractivity contribution is 0.293. The highest BCUT2D eigenvalue weighted by atomic mass is 16.5. The van der Waals surface area contributed by atoms with Gasteiger partial charge in [0.2, 0.25) is 0 Å². The van der Waals surface area contributed by atoms with Gasteiger partial charge in [-0.1, -0.05) is 38.6 Å². The van der Waals surface area contributed by atoms with Crippen LogP contribution in [0.15, 0.2) is 36.4 Å². The minimum absolute atomic E-state index is 0.450. The largest absolute Gasteiger partial charge is 0.489 e. The van der Waals surface area contributed by atoms with Crippen molar-refractivity contribution in [3.05, 3.63) is 42.0 Å². The Balaban J connectivity index is 0.000000531. The van der Waals surface area contributed by atoms with Crippen LogP contribution in [0.3, 0.4) is 0 Å². The van der Waals surface area contributed by atoms with Crippen LogP contribution >= 0.6 is 0 Å². The summed E-state index contributed by atoms with van der Waals surface area (Å²) < 4.78 is 5.49. The van der Waals surface area contributed by atoms with Crippen LogP contribution in [-0.4, -0.2) is 6.61 Å². The van der Waals surface area contributed by atoms with Gasteiger partial charge in [0.15, 0.2) is 0 Å². The van der Waals surface area contributed by atoms with Crippen LogP contribution < -0.4 is 10.5 Å². The van der Waals surface area contributed by atoms with E-state index in [4.69, 9.17) is 10.5 Å². The molecule has 0 bridgehead atoms. The molecule has 82 valence electrons. The molecule has 0 aromatic heterocycles. The number of hydrogen-bond acceptors (Lipinski definition) is 2. The molecule has 0 radical (unpaired) electrons. The molecular formula is C13H19NO. The summed E-state index contributed by atoms with van der Waals surface area (Å²) in [6, 6.07) is 7.83. The van der Waals surface area contributed by atoms with Crippen molar-refractivity contribution in [3.63, 3.8) is 0 Å². The van der Waals surface area contributed by atoms with Crippen LogP contribution in [0, 0.1) is 0 Å². The van der Waals surface area contributed by atoms with Crippen molar-refractivity contribution < 1.29 is 4.74 Å². The highest BCUT2D eigenvalue weighted by Gasteiger charge is 2.31. The van der Waals surface area contributed by atoms with E-state index in [1.165, 1.54) is 0 Å². The average molecular weight is 205 g/mol. The first kappa shape index (κ1) is 11.8. The van der Waals surface area contributed by atoms with Gasteiger partial charge in [-0.15, -0.1) is 0 Å². The summed E-state index contributed by atoms with van der Waals surface area (Å²) in [4.78, 5) is 0. The van der Waals surface area contributed by atoms with Crippen molar-refractivity contribution in [3.8, 4) is 5.75 Å². The van der Waals surface area contributed by atoms with Crippen LogP contribution in [0.2, 0.25) is 0 Å². The molecule has 0 aliphatic carbocycles. The highest BCUT2D eigenvalue weighted by Crippen LogP contribution is 2.36. The van der Waals surface area contributed by atoms with Crippen molar-refractivity contribution in [1.82, 2.24) is 0 Å². The summed E-state index contributed by atoms with van der Waals surface area (Å²) in [6.07, 6.45) is 0. The molecule has 0 saturated carbocycles. The molecule has 1 heterocycles. The van der Waals surface area contributed by atoms with E-state index in [-0.39, 0.29) is 0 Å². The van der Waals surface area contributed by atoms with Crippen LogP contribution in [0.4, 0.5) is 0 Å². The van der Waals surface area contributed by atoms with Gasteiger partial charge in [-0.25, -0.2) is 0 Å². The van der Waals surface area contributed by atoms with Gasteiger partial charge in [-0.3, -0.25) is 0 Å². The average Bonchev–Trinajstić information content (AvgIpc) is 2.27. The molecular weight excluding hydrogens is 186 g/mol. The van der Waals surface area contributed by atoms with Gasteiger partial charge in [-0.05, 0) is 18.6 Å². The highest BCUT2D eigenvalue weighted by molar-refractivity contribution is 5.46. The fourth-order valence-electron chi connectivity index (χ4n) is 1.53. The monoisotopic (exact) mass is 205 g/mol. The maximum Gasteiger partial charge on any atom is 0.125 e. The zero-order chi connectivity index (χ0) is 11.5. The zero-order valence-electron chi connectivity index (χ0n) is 9.71. The summed E-state index contributed by atoms with van der Waals surface area (Å²) in [5, 5.41) is 0. The standard InChI is InChI=1S/C11H13NO.C2H6/c1-8-7-13-10-6-4-3-5-9(10)11(8,2)12;1-2/h3-6H,1,7,12H2,2H3;1-2H3. The molecule has 2 N–H and O–H groups in total. The van der Waals surface area contributed by atoms with Crippen molar-refractivity contribution in [2.45, 2.75) is 26.3 Å². The van der Waals surface area contributed by atoms with Gasteiger partial charge in [0, 0.05) is 5.56 Å². The maximum atomic E-state index is 6.15. The lowest BCUT2D eigenvalue weighted by Gasteiger charge is -2.34. The van der Waals surface area contributed by atoms with Crippen LogP contribution in [-0.2, 0) is 5.54 Å².